The van der Waals surface area contributed by atoms with Crippen LogP contribution in [0.3, 0.4) is 0 Å². The first-order chi connectivity index (χ1) is 5.54. The smallest absolute Gasteiger partial charge is 0.275 e. The quantitative estimate of drug-likeness (QED) is 0.799. The zero-order valence-electron chi connectivity index (χ0n) is 5.49. The predicted molar refractivity (Wildman–Crippen MR) is 36.2 cm³/mol. The van der Waals surface area contributed by atoms with Crippen LogP contribution in [0.5, 0.6) is 0 Å². The van der Waals surface area contributed by atoms with Crippen molar-refractivity contribution in [3.63, 3.8) is 0 Å². The number of aromatic amines is 1. The lowest BCUT2D eigenvalue weighted by atomic mass is 10.4. The molecule has 0 spiro atoms. The van der Waals surface area contributed by atoms with Crippen LogP contribution in [0.25, 0.3) is 0 Å². The lowest BCUT2D eigenvalue weighted by molar-refractivity contribution is 0.142. The van der Waals surface area contributed by atoms with Gasteiger partial charge in [-0.25, -0.2) is 17.6 Å². The summed E-state index contributed by atoms with van der Waals surface area (Å²) in [6, 6.07) is 0. The molecule has 0 aromatic carbocycles. The molecule has 0 radical (unpaired) electrons. The van der Waals surface area contributed by atoms with Gasteiger partial charge in [0.15, 0.2) is 0 Å². The van der Waals surface area contributed by atoms with E-state index in [9.17, 15) is 17.6 Å². The first-order valence-corrected chi connectivity index (χ1v) is 3.63. The van der Waals surface area contributed by atoms with Crippen molar-refractivity contribution in [2.24, 2.45) is 0 Å². The van der Waals surface area contributed by atoms with Crippen LogP contribution >= 0.6 is 15.9 Å². The van der Waals surface area contributed by atoms with Gasteiger partial charge in [-0.1, -0.05) is 0 Å². The van der Waals surface area contributed by atoms with Crippen LogP contribution in [-0.4, -0.2) is 10.2 Å². The third-order valence-corrected chi connectivity index (χ3v) is 2.02. The standard InChI is InChI=1S/C5H3BrF4N2/c6-1-2(4(7)8)11-12-3(1)5(9)10/h4-5H,(H,11,12). The first-order valence-electron chi connectivity index (χ1n) is 2.84. The van der Waals surface area contributed by atoms with Crippen molar-refractivity contribution < 1.29 is 17.6 Å². The number of halogens is 5. The predicted octanol–water partition coefficient (Wildman–Crippen LogP) is 3.05. The number of rotatable bonds is 2. The zero-order chi connectivity index (χ0) is 9.30. The minimum atomic E-state index is -2.86. The van der Waals surface area contributed by atoms with Crippen LogP contribution in [0.2, 0.25) is 0 Å². The van der Waals surface area contributed by atoms with E-state index in [1.165, 1.54) is 0 Å². The zero-order valence-corrected chi connectivity index (χ0v) is 7.08. The van der Waals surface area contributed by atoms with Gasteiger partial charge in [0.05, 0.1) is 4.47 Å². The average molecular weight is 247 g/mol. The highest BCUT2D eigenvalue weighted by Gasteiger charge is 2.23. The molecule has 1 aromatic rings. The van der Waals surface area contributed by atoms with Crippen molar-refractivity contribution >= 4 is 15.9 Å². The SMILES string of the molecule is FC(F)c1n[nH]c(C(F)F)c1Br. The van der Waals surface area contributed by atoms with E-state index in [0.717, 1.165) is 0 Å². The van der Waals surface area contributed by atoms with Crippen LogP contribution in [0.4, 0.5) is 17.6 Å². The van der Waals surface area contributed by atoms with Gasteiger partial charge in [-0.15, -0.1) is 0 Å². The number of alkyl halides is 4. The average Bonchev–Trinajstić information content (AvgIpc) is 2.30. The van der Waals surface area contributed by atoms with Gasteiger partial charge < -0.3 is 0 Å². The Morgan fingerprint density at radius 1 is 1.17 bits per heavy atom. The summed E-state index contributed by atoms with van der Waals surface area (Å²) in [4.78, 5) is 0. The maximum absolute atomic E-state index is 12.0. The van der Waals surface area contributed by atoms with Gasteiger partial charge in [-0.2, -0.15) is 5.10 Å². The molecule has 0 bridgehead atoms. The molecule has 0 aliphatic carbocycles. The molecule has 0 aliphatic heterocycles. The summed E-state index contributed by atoms with van der Waals surface area (Å²) in [5, 5.41) is 4.86. The molecule has 0 unspecified atom stereocenters. The molecule has 0 saturated carbocycles. The van der Waals surface area contributed by atoms with Crippen molar-refractivity contribution in [3.8, 4) is 0 Å². The molecule has 2 nitrogen and oxygen atoms in total. The molecule has 1 rings (SSSR count). The lowest BCUT2D eigenvalue weighted by Crippen LogP contribution is -1.85. The van der Waals surface area contributed by atoms with Crippen molar-refractivity contribution in [1.82, 2.24) is 10.2 Å². The highest BCUT2D eigenvalue weighted by Crippen LogP contribution is 2.32. The lowest BCUT2D eigenvalue weighted by Gasteiger charge is -1.95. The van der Waals surface area contributed by atoms with E-state index in [1.807, 2.05) is 5.10 Å². The Bertz CT molecular complexity index is 247. The minimum absolute atomic E-state index is 0.354. The monoisotopic (exact) mass is 246 g/mol. The maximum atomic E-state index is 12.0. The molecule has 0 aliphatic rings. The van der Waals surface area contributed by atoms with E-state index in [2.05, 4.69) is 21.0 Å². The summed E-state index contributed by atoms with van der Waals surface area (Å²) < 4.78 is 47.5. The third-order valence-electron chi connectivity index (χ3n) is 1.18. The Balaban J connectivity index is 3.04. The van der Waals surface area contributed by atoms with Crippen molar-refractivity contribution in [3.05, 3.63) is 15.9 Å². The van der Waals surface area contributed by atoms with E-state index >= 15 is 0 Å². The molecule has 0 atom stereocenters. The number of H-pyrrole nitrogens is 1. The summed E-state index contributed by atoms with van der Waals surface area (Å²) in [7, 11) is 0. The molecule has 1 N–H and O–H groups in total. The topological polar surface area (TPSA) is 28.7 Å². The Morgan fingerprint density at radius 3 is 2.00 bits per heavy atom. The van der Waals surface area contributed by atoms with Gasteiger partial charge in [-0.05, 0) is 15.9 Å². The van der Waals surface area contributed by atoms with Crippen molar-refractivity contribution in [1.29, 1.82) is 0 Å². The molecule has 1 heterocycles. The van der Waals surface area contributed by atoms with Crippen LogP contribution in [0.1, 0.15) is 24.2 Å². The summed E-state index contributed by atoms with van der Waals surface area (Å²) in [6.07, 6.45) is -5.69. The molecule has 0 fully saturated rings. The molecule has 0 amide bonds. The number of hydrogen-bond donors (Lipinski definition) is 1. The van der Waals surface area contributed by atoms with Gasteiger partial charge in [0.25, 0.3) is 12.9 Å². The summed E-state index contributed by atoms with van der Waals surface area (Å²) in [5.74, 6) is 0. The van der Waals surface area contributed by atoms with Crippen LogP contribution in [0.15, 0.2) is 4.47 Å². The second kappa shape index (κ2) is 3.42. The molecule has 0 saturated heterocycles. The van der Waals surface area contributed by atoms with Gasteiger partial charge in [0, 0.05) is 0 Å². The Labute approximate surface area is 73.1 Å². The van der Waals surface area contributed by atoms with E-state index in [-0.39, 0.29) is 4.47 Å². The summed E-state index contributed by atoms with van der Waals surface area (Å²) in [6.45, 7) is 0. The van der Waals surface area contributed by atoms with Crippen LogP contribution < -0.4 is 0 Å². The first kappa shape index (κ1) is 9.50. The van der Waals surface area contributed by atoms with Crippen molar-refractivity contribution in [2.45, 2.75) is 12.9 Å². The fourth-order valence-electron chi connectivity index (χ4n) is 0.646. The minimum Gasteiger partial charge on any atom is -0.275 e. The summed E-state index contributed by atoms with van der Waals surface area (Å²) in [5.41, 5.74) is -1.31. The maximum Gasteiger partial charge on any atom is 0.283 e. The normalized spacial score (nSPS) is 11.6. The van der Waals surface area contributed by atoms with E-state index in [0.29, 0.717) is 0 Å². The molecule has 1 aromatic heterocycles. The van der Waals surface area contributed by atoms with E-state index < -0.39 is 24.2 Å². The van der Waals surface area contributed by atoms with Gasteiger partial charge >= 0.3 is 0 Å². The second-order valence-electron chi connectivity index (χ2n) is 1.94. The summed E-state index contributed by atoms with van der Waals surface area (Å²) >= 11 is 2.60. The van der Waals surface area contributed by atoms with Gasteiger partial charge in [0.1, 0.15) is 11.4 Å². The molecular formula is C5H3BrF4N2. The molecule has 68 valence electrons. The number of aromatic nitrogens is 2. The molecule has 12 heavy (non-hydrogen) atoms. The fourth-order valence-corrected chi connectivity index (χ4v) is 1.17. The number of nitrogens with zero attached hydrogens (tertiary/aromatic N) is 1. The van der Waals surface area contributed by atoms with E-state index in [1.54, 1.807) is 0 Å². The molecular weight excluding hydrogens is 244 g/mol. The van der Waals surface area contributed by atoms with Gasteiger partial charge in [-0.3, -0.25) is 5.10 Å². The Morgan fingerprint density at radius 2 is 1.75 bits per heavy atom. The third kappa shape index (κ3) is 1.60. The number of hydrogen-bond acceptors (Lipinski definition) is 1. The fraction of sp³-hybridized carbons (Fsp3) is 0.400. The van der Waals surface area contributed by atoms with Crippen LogP contribution in [-0.2, 0) is 0 Å². The number of nitrogens with one attached hydrogen (secondary N) is 1. The highest BCUT2D eigenvalue weighted by molar-refractivity contribution is 9.10. The van der Waals surface area contributed by atoms with E-state index in [4.69, 9.17) is 0 Å². The highest BCUT2D eigenvalue weighted by atomic mass is 79.9. The van der Waals surface area contributed by atoms with Crippen molar-refractivity contribution in [2.75, 3.05) is 0 Å². The van der Waals surface area contributed by atoms with Crippen LogP contribution in [0, 0.1) is 0 Å². The Hall–Kier alpha value is -0.590. The second-order valence-corrected chi connectivity index (χ2v) is 2.73. The molecule has 7 heteroatoms. The van der Waals surface area contributed by atoms with Gasteiger partial charge in [0.2, 0.25) is 0 Å². The Kier molecular flexibility index (Phi) is 2.71. The largest absolute Gasteiger partial charge is 0.283 e.